The van der Waals surface area contributed by atoms with E-state index in [4.69, 9.17) is 9.26 Å². The van der Waals surface area contributed by atoms with Crippen LogP contribution in [0.4, 0.5) is 4.79 Å². The lowest BCUT2D eigenvalue weighted by molar-refractivity contribution is 0.0270. The Morgan fingerprint density at radius 2 is 2.00 bits per heavy atom. The van der Waals surface area contributed by atoms with Crippen molar-refractivity contribution in [3.05, 3.63) is 15.9 Å². The second-order valence-corrected chi connectivity index (χ2v) is 7.47. The summed E-state index contributed by atoms with van der Waals surface area (Å²) >= 11 is 3.52. The minimum atomic E-state index is -0.435. The van der Waals surface area contributed by atoms with E-state index in [2.05, 4.69) is 21.1 Å². The first-order valence-electron chi connectivity index (χ1n) is 6.87. The van der Waals surface area contributed by atoms with Crippen molar-refractivity contribution in [1.29, 1.82) is 0 Å². The van der Waals surface area contributed by atoms with Crippen molar-refractivity contribution in [3.8, 4) is 0 Å². The number of nitrogens with zero attached hydrogens (tertiary/aromatic N) is 2. The summed E-state index contributed by atoms with van der Waals surface area (Å²) in [6.07, 6.45) is -0.209. The van der Waals surface area contributed by atoms with Crippen LogP contribution >= 0.6 is 15.9 Å². The summed E-state index contributed by atoms with van der Waals surface area (Å²) in [5.74, 6) is 2.21. The molecule has 2 unspecified atom stereocenters. The fourth-order valence-electron chi connectivity index (χ4n) is 2.99. The smallest absolute Gasteiger partial charge is 0.410 e. The molecule has 5 nitrogen and oxygen atoms in total. The van der Waals surface area contributed by atoms with E-state index in [0.29, 0.717) is 17.8 Å². The summed E-state index contributed by atoms with van der Waals surface area (Å²) in [4.78, 5) is 13.8. The highest BCUT2D eigenvalue weighted by Crippen LogP contribution is 2.59. The molecule has 2 aliphatic rings. The van der Waals surface area contributed by atoms with Gasteiger partial charge in [0.05, 0.1) is 4.47 Å². The average molecular weight is 343 g/mol. The number of hydrogen-bond donors (Lipinski definition) is 0. The molecule has 0 bridgehead atoms. The van der Waals surface area contributed by atoms with Gasteiger partial charge in [0.15, 0.2) is 0 Å². The molecule has 1 aromatic heterocycles. The van der Waals surface area contributed by atoms with Gasteiger partial charge in [-0.15, -0.1) is 0 Å². The Hall–Kier alpha value is -1.04. The second kappa shape index (κ2) is 4.48. The van der Waals surface area contributed by atoms with Crippen LogP contribution in [0.25, 0.3) is 0 Å². The molecule has 2 heterocycles. The van der Waals surface area contributed by atoms with E-state index in [1.807, 2.05) is 27.7 Å². The number of ether oxygens (including phenoxy) is 1. The van der Waals surface area contributed by atoms with Gasteiger partial charge < -0.3 is 14.2 Å². The number of amides is 1. The van der Waals surface area contributed by atoms with Gasteiger partial charge in [0.2, 0.25) is 0 Å². The maximum atomic E-state index is 12.0. The van der Waals surface area contributed by atoms with Crippen LogP contribution in [0.3, 0.4) is 0 Å². The molecule has 110 valence electrons. The SMILES string of the molecule is Cc1onc(C2C3CN(C(=O)OC(C)(C)C)CC32)c1Br. The Balaban J connectivity index is 1.61. The summed E-state index contributed by atoms with van der Waals surface area (Å²) in [6, 6.07) is 0. The highest BCUT2D eigenvalue weighted by atomic mass is 79.9. The standard InChI is InChI=1S/C14H19BrN2O3/c1-7-11(15)12(16-20-7)10-8-5-17(6-9(8)10)13(18)19-14(2,3)4/h8-10H,5-6H2,1-4H3. The monoisotopic (exact) mass is 342 g/mol. The third-order valence-corrected chi connectivity index (χ3v) is 4.94. The number of fused-ring (bicyclic) bond motifs is 1. The van der Waals surface area contributed by atoms with Crippen molar-refractivity contribution in [3.63, 3.8) is 0 Å². The van der Waals surface area contributed by atoms with Crippen molar-refractivity contribution in [2.75, 3.05) is 13.1 Å². The molecule has 0 N–H and O–H groups in total. The van der Waals surface area contributed by atoms with Gasteiger partial charge in [-0.3, -0.25) is 0 Å². The predicted molar refractivity (Wildman–Crippen MR) is 76.5 cm³/mol. The highest BCUT2D eigenvalue weighted by molar-refractivity contribution is 9.10. The van der Waals surface area contributed by atoms with Crippen LogP contribution < -0.4 is 0 Å². The molecule has 1 aliphatic heterocycles. The Morgan fingerprint density at radius 1 is 1.40 bits per heavy atom. The van der Waals surface area contributed by atoms with Gasteiger partial charge in [-0.2, -0.15) is 0 Å². The average Bonchev–Trinajstić information content (AvgIpc) is 2.70. The summed E-state index contributed by atoms with van der Waals surface area (Å²) < 4.78 is 11.6. The molecule has 2 fully saturated rings. The number of carbonyl (C=O) groups is 1. The maximum absolute atomic E-state index is 12.0. The van der Waals surface area contributed by atoms with Crippen LogP contribution in [0, 0.1) is 18.8 Å². The fraction of sp³-hybridized carbons (Fsp3) is 0.714. The molecular weight excluding hydrogens is 324 g/mol. The van der Waals surface area contributed by atoms with Gasteiger partial charge in [-0.25, -0.2) is 4.79 Å². The third-order valence-electron chi connectivity index (χ3n) is 3.98. The molecule has 20 heavy (non-hydrogen) atoms. The van der Waals surface area contributed by atoms with Crippen LogP contribution in [-0.2, 0) is 4.74 Å². The largest absolute Gasteiger partial charge is 0.444 e. The van der Waals surface area contributed by atoms with Crippen molar-refractivity contribution < 1.29 is 14.1 Å². The highest BCUT2D eigenvalue weighted by Gasteiger charge is 2.59. The van der Waals surface area contributed by atoms with E-state index in [-0.39, 0.29) is 6.09 Å². The van der Waals surface area contributed by atoms with Gasteiger partial charge >= 0.3 is 6.09 Å². The van der Waals surface area contributed by atoms with E-state index >= 15 is 0 Å². The zero-order chi connectivity index (χ0) is 14.7. The lowest BCUT2D eigenvalue weighted by atomic mass is 10.2. The number of carbonyl (C=O) groups excluding carboxylic acids is 1. The van der Waals surface area contributed by atoms with E-state index in [1.165, 1.54) is 0 Å². The zero-order valence-electron chi connectivity index (χ0n) is 12.1. The van der Waals surface area contributed by atoms with E-state index in [1.54, 1.807) is 4.90 Å². The normalized spacial score (nSPS) is 28.4. The van der Waals surface area contributed by atoms with Gasteiger partial charge in [0.1, 0.15) is 17.1 Å². The Kier molecular flexibility index (Phi) is 3.12. The third kappa shape index (κ3) is 2.34. The summed E-state index contributed by atoms with van der Waals surface area (Å²) in [5.41, 5.74) is 0.566. The number of rotatable bonds is 1. The number of piperidine rings is 1. The van der Waals surface area contributed by atoms with Gasteiger partial charge in [-0.1, -0.05) is 5.16 Å². The number of halogens is 1. The molecule has 1 amide bonds. The van der Waals surface area contributed by atoms with Gasteiger partial charge in [-0.05, 0) is 55.5 Å². The topological polar surface area (TPSA) is 55.6 Å². The van der Waals surface area contributed by atoms with Crippen LogP contribution in [-0.4, -0.2) is 34.8 Å². The van der Waals surface area contributed by atoms with Crippen molar-refractivity contribution >= 4 is 22.0 Å². The Labute approximate surface area is 126 Å². The van der Waals surface area contributed by atoms with Crippen molar-refractivity contribution in [2.24, 2.45) is 11.8 Å². The molecule has 3 rings (SSSR count). The number of aryl methyl sites for hydroxylation is 1. The Bertz CT molecular complexity index is 537. The van der Waals surface area contributed by atoms with Crippen molar-refractivity contribution in [1.82, 2.24) is 10.1 Å². The quantitative estimate of drug-likeness (QED) is 0.785. The number of aromatic nitrogens is 1. The molecule has 1 saturated heterocycles. The van der Waals surface area contributed by atoms with Crippen LogP contribution in [0.1, 0.15) is 38.1 Å². The molecule has 1 saturated carbocycles. The minimum Gasteiger partial charge on any atom is -0.444 e. The van der Waals surface area contributed by atoms with Crippen LogP contribution in [0.5, 0.6) is 0 Å². The van der Waals surface area contributed by atoms with Crippen LogP contribution in [0.2, 0.25) is 0 Å². The zero-order valence-corrected chi connectivity index (χ0v) is 13.7. The number of likely N-dealkylation sites (tertiary alicyclic amines) is 1. The van der Waals surface area contributed by atoms with Crippen molar-refractivity contribution in [2.45, 2.75) is 39.2 Å². The Morgan fingerprint density at radius 3 is 2.45 bits per heavy atom. The molecule has 0 aromatic carbocycles. The predicted octanol–water partition coefficient (Wildman–Crippen LogP) is 3.33. The van der Waals surface area contributed by atoms with Gasteiger partial charge in [0, 0.05) is 19.0 Å². The minimum absolute atomic E-state index is 0.209. The summed E-state index contributed by atoms with van der Waals surface area (Å²) in [6.45, 7) is 9.07. The lowest BCUT2D eigenvalue weighted by Gasteiger charge is -2.25. The maximum Gasteiger partial charge on any atom is 0.410 e. The van der Waals surface area contributed by atoms with Gasteiger partial charge in [0.25, 0.3) is 0 Å². The summed E-state index contributed by atoms with van der Waals surface area (Å²) in [7, 11) is 0. The molecule has 6 heteroatoms. The van der Waals surface area contributed by atoms with E-state index in [9.17, 15) is 4.79 Å². The molecule has 0 radical (unpaired) electrons. The van der Waals surface area contributed by atoms with Crippen LogP contribution in [0.15, 0.2) is 9.00 Å². The first-order chi connectivity index (χ1) is 9.28. The summed E-state index contributed by atoms with van der Waals surface area (Å²) in [5, 5.41) is 4.13. The molecular formula is C14H19BrN2O3. The number of hydrogen-bond acceptors (Lipinski definition) is 4. The lowest BCUT2D eigenvalue weighted by Crippen LogP contribution is -2.36. The van der Waals surface area contributed by atoms with E-state index < -0.39 is 5.60 Å². The first kappa shape index (κ1) is 13.9. The first-order valence-corrected chi connectivity index (χ1v) is 7.67. The fourth-order valence-corrected chi connectivity index (χ4v) is 3.40. The molecule has 0 spiro atoms. The molecule has 1 aromatic rings. The van der Waals surface area contributed by atoms with E-state index in [0.717, 1.165) is 29.0 Å². The molecule has 1 aliphatic carbocycles. The second-order valence-electron chi connectivity index (χ2n) is 6.68. The molecule has 2 atom stereocenters.